The zero-order valence-corrected chi connectivity index (χ0v) is 11.2. The first-order valence-electron chi connectivity index (χ1n) is 6.53. The maximum Gasteiger partial charge on any atom is 0.237 e. The Morgan fingerprint density at radius 2 is 2.06 bits per heavy atom. The van der Waals surface area contributed by atoms with Crippen LogP contribution in [0.25, 0.3) is 0 Å². The fourth-order valence-electron chi connectivity index (χ4n) is 1.75. The Hall–Kier alpha value is -1.25. The third-order valence-corrected chi connectivity index (χ3v) is 2.81. The zero-order chi connectivity index (χ0) is 12.7. The summed E-state index contributed by atoms with van der Waals surface area (Å²) in [6.07, 6.45) is 6.30. The molecule has 1 heterocycles. The van der Waals surface area contributed by atoms with E-state index in [1.807, 2.05) is 19.1 Å². The van der Waals surface area contributed by atoms with Crippen molar-refractivity contribution in [2.75, 3.05) is 5.73 Å². The van der Waals surface area contributed by atoms with Crippen LogP contribution >= 0.6 is 0 Å². The quantitative estimate of drug-likeness (QED) is 0.734. The van der Waals surface area contributed by atoms with E-state index in [-0.39, 0.29) is 6.10 Å². The van der Waals surface area contributed by atoms with E-state index >= 15 is 0 Å². The van der Waals surface area contributed by atoms with Crippen LogP contribution in [-0.4, -0.2) is 11.1 Å². The molecule has 3 nitrogen and oxygen atoms in total. The van der Waals surface area contributed by atoms with Gasteiger partial charge in [0.2, 0.25) is 5.88 Å². The van der Waals surface area contributed by atoms with Gasteiger partial charge in [-0.3, -0.25) is 0 Å². The Balaban J connectivity index is 2.39. The van der Waals surface area contributed by atoms with Gasteiger partial charge in [0.25, 0.3) is 0 Å². The molecule has 1 unspecified atom stereocenters. The van der Waals surface area contributed by atoms with Gasteiger partial charge in [-0.05, 0) is 38.8 Å². The molecule has 1 rings (SSSR count). The van der Waals surface area contributed by atoms with Crippen molar-refractivity contribution in [3.63, 3.8) is 0 Å². The molecule has 0 spiro atoms. The number of ether oxygens (including phenoxy) is 1. The van der Waals surface area contributed by atoms with Crippen molar-refractivity contribution in [3.8, 4) is 5.88 Å². The Kier molecular flexibility index (Phi) is 5.81. The predicted octanol–water partition coefficient (Wildman–Crippen LogP) is 3.71. The van der Waals surface area contributed by atoms with Crippen molar-refractivity contribution in [1.82, 2.24) is 4.98 Å². The Morgan fingerprint density at radius 3 is 2.76 bits per heavy atom. The maximum absolute atomic E-state index is 5.83. The summed E-state index contributed by atoms with van der Waals surface area (Å²) < 4.78 is 5.77. The van der Waals surface area contributed by atoms with E-state index < -0.39 is 0 Å². The molecule has 0 bridgehead atoms. The number of hydrogen-bond acceptors (Lipinski definition) is 3. The number of nitrogen functional groups attached to an aromatic ring is 1. The first kappa shape index (κ1) is 13.8. The molecule has 3 heteroatoms. The van der Waals surface area contributed by atoms with Crippen molar-refractivity contribution in [1.29, 1.82) is 0 Å². The van der Waals surface area contributed by atoms with E-state index in [2.05, 4.69) is 18.8 Å². The van der Waals surface area contributed by atoms with Gasteiger partial charge in [0.15, 0.2) is 0 Å². The molecule has 0 radical (unpaired) electrons. The number of rotatable bonds is 7. The highest BCUT2D eigenvalue weighted by atomic mass is 16.5. The third-order valence-electron chi connectivity index (χ3n) is 2.81. The Bertz CT molecular complexity index is 339. The van der Waals surface area contributed by atoms with E-state index in [9.17, 15) is 0 Å². The topological polar surface area (TPSA) is 48.1 Å². The first-order chi connectivity index (χ1) is 8.13. The lowest BCUT2D eigenvalue weighted by Gasteiger charge is -2.15. The molecular formula is C14H24N2O. The molecule has 0 fully saturated rings. The molecule has 0 aliphatic carbocycles. The van der Waals surface area contributed by atoms with Crippen LogP contribution in [0.2, 0.25) is 0 Å². The number of anilines is 1. The minimum atomic E-state index is 0.184. The van der Waals surface area contributed by atoms with Gasteiger partial charge < -0.3 is 10.5 Å². The molecule has 1 aromatic rings. The van der Waals surface area contributed by atoms with Crippen LogP contribution in [0.3, 0.4) is 0 Å². The highest BCUT2D eigenvalue weighted by molar-refractivity contribution is 5.48. The Morgan fingerprint density at radius 1 is 1.29 bits per heavy atom. The summed E-state index contributed by atoms with van der Waals surface area (Å²) >= 11 is 0. The van der Waals surface area contributed by atoms with Crippen LogP contribution in [0.4, 0.5) is 5.69 Å². The lowest BCUT2D eigenvalue weighted by atomic mass is 10.1. The highest BCUT2D eigenvalue weighted by Gasteiger charge is 2.08. The maximum atomic E-state index is 5.83. The van der Waals surface area contributed by atoms with Gasteiger partial charge in [0, 0.05) is 5.69 Å². The number of hydrogen-bond donors (Lipinski definition) is 1. The minimum absolute atomic E-state index is 0.184. The van der Waals surface area contributed by atoms with Crippen LogP contribution in [0.1, 0.15) is 51.6 Å². The summed E-state index contributed by atoms with van der Waals surface area (Å²) in [6.45, 7) is 6.24. The summed E-state index contributed by atoms with van der Waals surface area (Å²) in [5.74, 6) is 0.577. The normalized spacial score (nSPS) is 12.4. The second-order valence-electron chi connectivity index (χ2n) is 4.62. The standard InChI is InChI=1S/C14H24N2O/c1-4-5-6-7-8-12(3)17-14-13(15)10-9-11(2)16-14/h9-10,12H,4-8,15H2,1-3H3. The largest absolute Gasteiger partial charge is 0.473 e. The molecule has 0 aromatic carbocycles. The molecule has 1 aromatic heterocycles. The molecule has 0 aliphatic rings. The third kappa shape index (κ3) is 5.07. The van der Waals surface area contributed by atoms with Gasteiger partial charge in [0.05, 0.1) is 11.8 Å². The molecule has 0 amide bonds. The summed E-state index contributed by atoms with van der Waals surface area (Å²) in [4.78, 5) is 4.31. The van der Waals surface area contributed by atoms with Crippen LogP contribution in [0.5, 0.6) is 5.88 Å². The average Bonchev–Trinajstić information content (AvgIpc) is 2.29. The zero-order valence-electron chi connectivity index (χ0n) is 11.2. The van der Waals surface area contributed by atoms with Crippen molar-refractivity contribution in [2.45, 2.75) is 59.0 Å². The smallest absolute Gasteiger partial charge is 0.237 e. The molecule has 0 aliphatic heterocycles. The summed E-state index contributed by atoms with van der Waals surface area (Å²) in [6, 6.07) is 3.75. The van der Waals surface area contributed by atoms with E-state index in [1.54, 1.807) is 0 Å². The lowest BCUT2D eigenvalue weighted by molar-refractivity contribution is 0.199. The van der Waals surface area contributed by atoms with Gasteiger partial charge in [-0.1, -0.05) is 26.2 Å². The SMILES string of the molecule is CCCCCCC(C)Oc1nc(C)ccc1N. The second kappa shape index (κ2) is 7.15. The molecule has 1 atom stereocenters. The van der Waals surface area contributed by atoms with Crippen molar-refractivity contribution in [2.24, 2.45) is 0 Å². The van der Waals surface area contributed by atoms with E-state index in [4.69, 9.17) is 10.5 Å². The van der Waals surface area contributed by atoms with E-state index in [0.717, 1.165) is 12.1 Å². The van der Waals surface area contributed by atoms with Gasteiger partial charge in [0.1, 0.15) is 0 Å². The fourth-order valence-corrected chi connectivity index (χ4v) is 1.75. The highest BCUT2D eigenvalue weighted by Crippen LogP contribution is 2.20. The number of aromatic nitrogens is 1. The summed E-state index contributed by atoms with van der Waals surface area (Å²) in [7, 11) is 0. The molecular weight excluding hydrogens is 212 g/mol. The van der Waals surface area contributed by atoms with E-state index in [1.165, 1.54) is 25.7 Å². The fraction of sp³-hybridized carbons (Fsp3) is 0.643. The van der Waals surface area contributed by atoms with Crippen LogP contribution < -0.4 is 10.5 Å². The van der Waals surface area contributed by atoms with Gasteiger partial charge in [-0.15, -0.1) is 0 Å². The van der Waals surface area contributed by atoms with Crippen LogP contribution in [0, 0.1) is 6.92 Å². The van der Waals surface area contributed by atoms with Gasteiger partial charge in [-0.25, -0.2) is 4.98 Å². The number of nitrogens with zero attached hydrogens (tertiary/aromatic N) is 1. The second-order valence-corrected chi connectivity index (χ2v) is 4.62. The summed E-state index contributed by atoms with van der Waals surface area (Å²) in [5.41, 5.74) is 7.39. The molecule has 0 saturated heterocycles. The van der Waals surface area contributed by atoms with Gasteiger partial charge >= 0.3 is 0 Å². The number of pyridine rings is 1. The first-order valence-corrected chi connectivity index (χ1v) is 6.53. The minimum Gasteiger partial charge on any atom is -0.473 e. The monoisotopic (exact) mass is 236 g/mol. The molecule has 17 heavy (non-hydrogen) atoms. The predicted molar refractivity (Wildman–Crippen MR) is 72.2 cm³/mol. The average molecular weight is 236 g/mol. The number of unbranched alkanes of at least 4 members (excludes halogenated alkanes) is 3. The van der Waals surface area contributed by atoms with Gasteiger partial charge in [-0.2, -0.15) is 0 Å². The lowest BCUT2D eigenvalue weighted by Crippen LogP contribution is -2.13. The summed E-state index contributed by atoms with van der Waals surface area (Å²) in [5, 5.41) is 0. The van der Waals surface area contributed by atoms with Crippen molar-refractivity contribution < 1.29 is 4.74 Å². The van der Waals surface area contributed by atoms with Crippen LogP contribution in [-0.2, 0) is 0 Å². The van der Waals surface area contributed by atoms with Crippen LogP contribution in [0.15, 0.2) is 12.1 Å². The molecule has 2 N–H and O–H groups in total. The molecule has 0 saturated carbocycles. The van der Waals surface area contributed by atoms with Crippen molar-refractivity contribution >= 4 is 5.69 Å². The van der Waals surface area contributed by atoms with E-state index in [0.29, 0.717) is 11.6 Å². The number of nitrogens with two attached hydrogens (primary N) is 1. The molecule has 96 valence electrons. The number of aryl methyl sites for hydroxylation is 1. The van der Waals surface area contributed by atoms with Crippen molar-refractivity contribution in [3.05, 3.63) is 17.8 Å². The Labute approximate surface area is 104 Å².